The molecule has 0 amide bonds. The van der Waals surface area contributed by atoms with Gasteiger partial charge < -0.3 is 19.0 Å². The Morgan fingerprint density at radius 3 is 2.52 bits per heavy atom. The van der Waals surface area contributed by atoms with Gasteiger partial charge in [-0.15, -0.1) is 0 Å². The molecule has 4 atom stereocenters. The van der Waals surface area contributed by atoms with Crippen LogP contribution < -0.4 is 0 Å². The summed E-state index contributed by atoms with van der Waals surface area (Å²) in [5.74, 6) is -1.86. The highest BCUT2D eigenvalue weighted by Gasteiger charge is 2.73. The van der Waals surface area contributed by atoms with E-state index in [4.69, 9.17) is 14.2 Å². The Labute approximate surface area is 122 Å². The number of carbonyl (C=O) groups is 3. The fourth-order valence-corrected chi connectivity index (χ4v) is 4.44. The van der Waals surface area contributed by atoms with Crippen LogP contribution in [0.2, 0.25) is 0 Å². The first-order valence-electron chi connectivity index (χ1n) is 7.02. The third-order valence-corrected chi connectivity index (χ3v) is 5.22. The molecule has 0 aromatic heterocycles. The molecule has 6 nitrogen and oxygen atoms in total. The first kappa shape index (κ1) is 14.3. The lowest BCUT2D eigenvalue weighted by molar-refractivity contribution is -0.176. The van der Waals surface area contributed by atoms with Gasteiger partial charge in [0.25, 0.3) is 0 Å². The lowest BCUT2D eigenvalue weighted by Crippen LogP contribution is -2.49. The van der Waals surface area contributed by atoms with Crippen molar-refractivity contribution in [1.29, 1.82) is 0 Å². The summed E-state index contributed by atoms with van der Waals surface area (Å²) in [6.07, 6.45) is 5.69. The largest absolute Gasteiger partial charge is 0.468 e. The van der Waals surface area contributed by atoms with Gasteiger partial charge in [0.15, 0.2) is 5.41 Å². The van der Waals surface area contributed by atoms with Crippen LogP contribution in [0.1, 0.15) is 19.3 Å². The number of rotatable bonds is 4. The van der Waals surface area contributed by atoms with E-state index in [0.717, 1.165) is 12.7 Å². The van der Waals surface area contributed by atoms with Crippen LogP contribution in [0.5, 0.6) is 0 Å². The minimum atomic E-state index is -1.46. The number of esters is 2. The van der Waals surface area contributed by atoms with Crippen LogP contribution >= 0.6 is 0 Å². The first-order valence-corrected chi connectivity index (χ1v) is 7.02. The maximum absolute atomic E-state index is 12.4. The van der Waals surface area contributed by atoms with Crippen LogP contribution in [0, 0.1) is 17.3 Å². The lowest BCUT2D eigenvalue weighted by atomic mass is 9.71. The zero-order valence-corrected chi connectivity index (χ0v) is 12.0. The number of ether oxygens (including phenoxy) is 3. The Kier molecular flexibility index (Phi) is 3.16. The molecule has 114 valence electrons. The zero-order chi connectivity index (χ0) is 15.3. The van der Waals surface area contributed by atoms with Gasteiger partial charge in [0.1, 0.15) is 6.29 Å². The fourth-order valence-electron chi connectivity index (χ4n) is 4.44. The van der Waals surface area contributed by atoms with Gasteiger partial charge in [-0.3, -0.25) is 9.59 Å². The Bertz CT molecular complexity index is 508. The first-order chi connectivity index (χ1) is 10.0. The van der Waals surface area contributed by atoms with Crippen LogP contribution in [-0.4, -0.2) is 44.1 Å². The predicted molar refractivity (Wildman–Crippen MR) is 70.1 cm³/mol. The smallest absolute Gasteiger partial charge is 0.323 e. The van der Waals surface area contributed by atoms with Gasteiger partial charge in [-0.25, -0.2) is 0 Å². The third-order valence-electron chi connectivity index (χ3n) is 5.22. The van der Waals surface area contributed by atoms with E-state index in [1.165, 1.54) is 14.2 Å². The van der Waals surface area contributed by atoms with E-state index in [2.05, 4.69) is 0 Å². The van der Waals surface area contributed by atoms with Crippen molar-refractivity contribution in [3.8, 4) is 0 Å². The Balaban J connectivity index is 2.11. The monoisotopic (exact) mass is 294 g/mol. The molecule has 2 bridgehead atoms. The second kappa shape index (κ2) is 4.66. The Morgan fingerprint density at radius 1 is 1.33 bits per heavy atom. The molecule has 2 fully saturated rings. The van der Waals surface area contributed by atoms with Crippen LogP contribution in [0.25, 0.3) is 0 Å². The molecule has 0 radical (unpaired) electrons. The highest BCUT2D eigenvalue weighted by atomic mass is 16.6. The molecule has 1 spiro atoms. The van der Waals surface area contributed by atoms with Gasteiger partial charge in [0, 0.05) is 12.3 Å². The van der Waals surface area contributed by atoms with Crippen molar-refractivity contribution in [3.05, 3.63) is 12.2 Å². The number of hydrogen-bond donors (Lipinski definition) is 0. The quantitative estimate of drug-likeness (QED) is 0.328. The van der Waals surface area contributed by atoms with E-state index in [-0.39, 0.29) is 18.4 Å². The van der Waals surface area contributed by atoms with E-state index in [1.807, 2.05) is 12.2 Å². The molecular formula is C15H18O6. The minimum Gasteiger partial charge on any atom is -0.468 e. The highest BCUT2D eigenvalue weighted by molar-refractivity contribution is 6.01. The minimum absolute atomic E-state index is 0.0115. The molecule has 3 aliphatic rings. The zero-order valence-electron chi connectivity index (χ0n) is 12.0. The van der Waals surface area contributed by atoms with Crippen molar-refractivity contribution in [2.45, 2.75) is 31.0 Å². The number of fused-ring (bicyclic) bond motifs is 1. The summed E-state index contributed by atoms with van der Waals surface area (Å²) in [4.78, 5) is 36.0. The van der Waals surface area contributed by atoms with Crippen molar-refractivity contribution in [1.82, 2.24) is 0 Å². The molecular weight excluding hydrogens is 276 g/mol. The molecule has 0 aromatic carbocycles. The molecule has 1 aliphatic carbocycles. The van der Waals surface area contributed by atoms with Crippen LogP contribution in [-0.2, 0) is 28.6 Å². The average Bonchev–Trinajstić information content (AvgIpc) is 3.14. The SMILES string of the molecule is COC(=O)C1(C(=O)OC)C[C@@H]2C[C@H]3C=C[C@@]2(O3)[C@@H]1CC=O. The van der Waals surface area contributed by atoms with E-state index < -0.39 is 28.9 Å². The summed E-state index contributed by atoms with van der Waals surface area (Å²) in [6, 6.07) is 0. The number of carbonyl (C=O) groups excluding carboxylic acids is 3. The molecule has 0 unspecified atom stereocenters. The molecule has 0 aromatic rings. The van der Waals surface area contributed by atoms with E-state index in [9.17, 15) is 14.4 Å². The van der Waals surface area contributed by atoms with Crippen molar-refractivity contribution < 1.29 is 28.6 Å². The van der Waals surface area contributed by atoms with Crippen molar-refractivity contribution in [3.63, 3.8) is 0 Å². The van der Waals surface area contributed by atoms with Crippen LogP contribution in [0.3, 0.4) is 0 Å². The molecule has 6 heteroatoms. The van der Waals surface area contributed by atoms with Gasteiger partial charge in [0.05, 0.1) is 25.9 Å². The third kappa shape index (κ3) is 1.59. The molecule has 0 N–H and O–H groups in total. The number of aldehydes is 1. The number of hydrogen-bond acceptors (Lipinski definition) is 6. The van der Waals surface area contributed by atoms with Crippen molar-refractivity contribution in [2.24, 2.45) is 17.3 Å². The Hall–Kier alpha value is -1.69. The lowest BCUT2D eigenvalue weighted by Gasteiger charge is -2.35. The maximum atomic E-state index is 12.4. The standard InChI is InChI=1S/C15H18O6/c1-19-12(17)14(13(18)20-2)8-9-7-10-3-5-15(9,21-10)11(14)4-6-16/h3,5-6,9-11H,4,7-8H2,1-2H3/t9-,10+,11+,15-/m0/s1. The van der Waals surface area contributed by atoms with Gasteiger partial charge in [-0.1, -0.05) is 12.2 Å². The van der Waals surface area contributed by atoms with Crippen LogP contribution in [0.4, 0.5) is 0 Å². The van der Waals surface area contributed by atoms with Gasteiger partial charge in [-0.05, 0) is 18.8 Å². The van der Waals surface area contributed by atoms with Crippen molar-refractivity contribution in [2.75, 3.05) is 14.2 Å². The second-order valence-electron chi connectivity index (χ2n) is 5.92. The molecule has 1 saturated heterocycles. The second-order valence-corrected chi connectivity index (χ2v) is 5.92. The summed E-state index contributed by atoms with van der Waals surface area (Å²) in [6.45, 7) is 0. The summed E-state index contributed by atoms with van der Waals surface area (Å²) in [5.41, 5.74) is -2.19. The highest BCUT2D eigenvalue weighted by Crippen LogP contribution is 2.64. The normalized spacial score (nSPS) is 38.1. The summed E-state index contributed by atoms with van der Waals surface area (Å²) >= 11 is 0. The fraction of sp³-hybridized carbons (Fsp3) is 0.667. The summed E-state index contributed by atoms with van der Waals surface area (Å²) in [5, 5.41) is 0. The van der Waals surface area contributed by atoms with Gasteiger partial charge >= 0.3 is 11.9 Å². The molecule has 21 heavy (non-hydrogen) atoms. The van der Waals surface area contributed by atoms with Gasteiger partial charge in [-0.2, -0.15) is 0 Å². The topological polar surface area (TPSA) is 78.9 Å². The van der Waals surface area contributed by atoms with Gasteiger partial charge in [0.2, 0.25) is 0 Å². The molecule has 2 heterocycles. The molecule has 3 rings (SSSR count). The summed E-state index contributed by atoms with van der Waals surface area (Å²) in [7, 11) is 2.48. The van der Waals surface area contributed by atoms with E-state index in [1.54, 1.807) is 0 Å². The van der Waals surface area contributed by atoms with Crippen molar-refractivity contribution >= 4 is 18.2 Å². The van der Waals surface area contributed by atoms with Crippen LogP contribution in [0.15, 0.2) is 12.2 Å². The summed E-state index contributed by atoms with van der Waals surface area (Å²) < 4.78 is 15.7. The average molecular weight is 294 g/mol. The predicted octanol–water partition coefficient (Wildman–Crippen LogP) is 0.641. The Morgan fingerprint density at radius 2 is 2.00 bits per heavy atom. The molecule has 1 saturated carbocycles. The number of methoxy groups -OCH3 is 2. The van der Waals surface area contributed by atoms with E-state index in [0.29, 0.717) is 6.42 Å². The maximum Gasteiger partial charge on any atom is 0.323 e. The molecule has 2 aliphatic heterocycles. The van der Waals surface area contributed by atoms with E-state index >= 15 is 0 Å².